The summed E-state index contributed by atoms with van der Waals surface area (Å²) in [5.74, 6) is -0.159. The third-order valence-corrected chi connectivity index (χ3v) is 4.99. The van der Waals surface area contributed by atoms with Crippen molar-refractivity contribution in [1.82, 2.24) is 5.32 Å². The van der Waals surface area contributed by atoms with Gasteiger partial charge in [0, 0.05) is 18.2 Å². The minimum atomic E-state index is -0.199. The van der Waals surface area contributed by atoms with E-state index >= 15 is 0 Å². The van der Waals surface area contributed by atoms with E-state index in [4.69, 9.17) is 23.2 Å². The van der Waals surface area contributed by atoms with Crippen LogP contribution in [-0.4, -0.2) is 11.8 Å². The fraction of sp³-hybridized carbons (Fsp3) is 0.200. The number of amides is 2. The number of carbonyl (C=O) groups is 2. The predicted octanol–water partition coefficient (Wildman–Crippen LogP) is 4.77. The second-order valence-electron chi connectivity index (χ2n) is 6.20. The summed E-state index contributed by atoms with van der Waals surface area (Å²) in [6.07, 6.45) is 4.36. The van der Waals surface area contributed by atoms with Gasteiger partial charge < -0.3 is 10.6 Å². The zero-order valence-electron chi connectivity index (χ0n) is 14.2. The normalized spacial score (nSPS) is 14.7. The standard InChI is InChI=1S/C20H18Cl2N2O2/c1-12(14-4-7-18-15(11-14)5-9-20(26)24-18)23-19(25)8-3-13-2-6-16(21)17(22)10-13/h2-4,6-8,10-12H,5,9H2,1H3,(H,23,25)(H,24,26). The molecule has 26 heavy (non-hydrogen) atoms. The number of hydrogen-bond acceptors (Lipinski definition) is 2. The van der Waals surface area contributed by atoms with Gasteiger partial charge in [-0.3, -0.25) is 9.59 Å². The van der Waals surface area contributed by atoms with Crippen LogP contribution in [0.5, 0.6) is 0 Å². The minimum Gasteiger partial charge on any atom is -0.346 e. The van der Waals surface area contributed by atoms with Gasteiger partial charge in [0.15, 0.2) is 0 Å². The van der Waals surface area contributed by atoms with Crippen molar-refractivity contribution in [2.24, 2.45) is 0 Å². The lowest BCUT2D eigenvalue weighted by molar-refractivity contribution is -0.117. The molecule has 1 unspecified atom stereocenters. The second kappa shape index (κ2) is 7.94. The molecule has 0 bridgehead atoms. The van der Waals surface area contributed by atoms with Gasteiger partial charge in [0.25, 0.3) is 0 Å². The van der Waals surface area contributed by atoms with E-state index in [-0.39, 0.29) is 17.9 Å². The molecule has 1 aliphatic heterocycles. The maximum atomic E-state index is 12.2. The van der Waals surface area contributed by atoms with Crippen LogP contribution in [0.25, 0.3) is 6.08 Å². The van der Waals surface area contributed by atoms with Crippen molar-refractivity contribution in [3.63, 3.8) is 0 Å². The van der Waals surface area contributed by atoms with Crippen molar-refractivity contribution >= 4 is 46.8 Å². The molecule has 0 aliphatic carbocycles. The van der Waals surface area contributed by atoms with E-state index in [0.717, 1.165) is 22.4 Å². The van der Waals surface area contributed by atoms with Gasteiger partial charge in [0.1, 0.15) is 0 Å². The van der Waals surface area contributed by atoms with Crippen molar-refractivity contribution in [3.05, 3.63) is 69.2 Å². The average molecular weight is 389 g/mol. The molecule has 2 N–H and O–H groups in total. The molecule has 2 amide bonds. The molecule has 0 saturated carbocycles. The first kappa shape index (κ1) is 18.5. The first-order valence-corrected chi connectivity index (χ1v) is 9.04. The minimum absolute atomic E-state index is 0.0408. The molecule has 0 fully saturated rings. The molecular formula is C20H18Cl2N2O2. The lowest BCUT2D eigenvalue weighted by Gasteiger charge is -2.20. The zero-order chi connectivity index (χ0) is 18.7. The third-order valence-electron chi connectivity index (χ3n) is 4.25. The molecule has 2 aromatic rings. The van der Waals surface area contributed by atoms with Gasteiger partial charge in [0.05, 0.1) is 16.1 Å². The van der Waals surface area contributed by atoms with Crippen LogP contribution in [0.2, 0.25) is 10.0 Å². The number of hydrogen-bond donors (Lipinski definition) is 2. The van der Waals surface area contributed by atoms with Crippen molar-refractivity contribution in [2.75, 3.05) is 5.32 Å². The Bertz CT molecular complexity index is 893. The molecule has 0 spiro atoms. The van der Waals surface area contributed by atoms with E-state index in [1.807, 2.05) is 25.1 Å². The van der Waals surface area contributed by atoms with Gasteiger partial charge in [-0.25, -0.2) is 0 Å². The van der Waals surface area contributed by atoms with E-state index in [1.54, 1.807) is 24.3 Å². The molecule has 134 valence electrons. The number of benzene rings is 2. The maximum absolute atomic E-state index is 12.2. The van der Waals surface area contributed by atoms with Crippen LogP contribution in [0.15, 0.2) is 42.5 Å². The molecule has 1 atom stereocenters. The Kier molecular flexibility index (Phi) is 5.64. The Labute approximate surface area is 162 Å². The molecule has 3 rings (SSSR count). The van der Waals surface area contributed by atoms with Crippen LogP contribution >= 0.6 is 23.2 Å². The summed E-state index contributed by atoms with van der Waals surface area (Å²) >= 11 is 11.8. The van der Waals surface area contributed by atoms with Crippen LogP contribution in [-0.2, 0) is 16.0 Å². The van der Waals surface area contributed by atoms with Crippen LogP contribution in [0, 0.1) is 0 Å². The zero-order valence-corrected chi connectivity index (χ0v) is 15.7. The highest BCUT2D eigenvalue weighted by molar-refractivity contribution is 6.42. The molecule has 4 nitrogen and oxygen atoms in total. The smallest absolute Gasteiger partial charge is 0.244 e. The highest BCUT2D eigenvalue weighted by atomic mass is 35.5. The van der Waals surface area contributed by atoms with Crippen molar-refractivity contribution in [2.45, 2.75) is 25.8 Å². The summed E-state index contributed by atoms with van der Waals surface area (Å²) in [4.78, 5) is 23.6. The molecule has 0 saturated heterocycles. The predicted molar refractivity (Wildman–Crippen MR) is 105 cm³/mol. The number of halogens is 2. The van der Waals surface area contributed by atoms with Crippen molar-refractivity contribution in [1.29, 1.82) is 0 Å². The molecular weight excluding hydrogens is 371 g/mol. The van der Waals surface area contributed by atoms with Crippen LogP contribution < -0.4 is 10.6 Å². The average Bonchev–Trinajstić information content (AvgIpc) is 2.62. The monoisotopic (exact) mass is 388 g/mol. The maximum Gasteiger partial charge on any atom is 0.244 e. The molecule has 0 aromatic heterocycles. The first-order chi connectivity index (χ1) is 12.4. The number of anilines is 1. The largest absolute Gasteiger partial charge is 0.346 e. The number of fused-ring (bicyclic) bond motifs is 1. The quantitative estimate of drug-likeness (QED) is 0.741. The second-order valence-corrected chi connectivity index (χ2v) is 7.02. The Morgan fingerprint density at radius 1 is 1.15 bits per heavy atom. The van der Waals surface area contributed by atoms with Crippen LogP contribution in [0.4, 0.5) is 5.69 Å². The number of rotatable bonds is 4. The summed E-state index contributed by atoms with van der Waals surface area (Å²) in [5.41, 5.74) is 3.74. The molecule has 1 heterocycles. The van der Waals surface area contributed by atoms with Crippen molar-refractivity contribution < 1.29 is 9.59 Å². The van der Waals surface area contributed by atoms with Gasteiger partial charge in [-0.15, -0.1) is 0 Å². The Morgan fingerprint density at radius 3 is 2.73 bits per heavy atom. The number of nitrogens with one attached hydrogen (secondary N) is 2. The molecule has 0 radical (unpaired) electrons. The Morgan fingerprint density at radius 2 is 1.96 bits per heavy atom. The van der Waals surface area contributed by atoms with Crippen molar-refractivity contribution in [3.8, 4) is 0 Å². The van der Waals surface area contributed by atoms with Gasteiger partial charge in [-0.05, 0) is 54.3 Å². The van der Waals surface area contributed by atoms with Gasteiger partial charge in [-0.2, -0.15) is 0 Å². The highest BCUT2D eigenvalue weighted by Gasteiger charge is 2.16. The Hall–Kier alpha value is -2.30. The van der Waals surface area contributed by atoms with Crippen LogP contribution in [0.1, 0.15) is 36.1 Å². The summed E-state index contributed by atoms with van der Waals surface area (Å²) < 4.78 is 0. The fourth-order valence-electron chi connectivity index (χ4n) is 2.81. The van der Waals surface area contributed by atoms with E-state index < -0.39 is 0 Å². The third kappa shape index (κ3) is 4.45. The lowest BCUT2D eigenvalue weighted by atomic mass is 9.98. The highest BCUT2D eigenvalue weighted by Crippen LogP contribution is 2.26. The fourth-order valence-corrected chi connectivity index (χ4v) is 3.11. The van der Waals surface area contributed by atoms with Crippen LogP contribution in [0.3, 0.4) is 0 Å². The molecule has 1 aliphatic rings. The van der Waals surface area contributed by atoms with Gasteiger partial charge in [-0.1, -0.05) is 41.4 Å². The molecule has 6 heteroatoms. The lowest BCUT2D eigenvalue weighted by Crippen LogP contribution is -2.25. The van der Waals surface area contributed by atoms with E-state index in [0.29, 0.717) is 22.9 Å². The summed E-state index contributed by atoms with van der Waals surface area (Å²) in [6, 6.07) is 10.9. The summed E-state index contributed by atoms with van der Waals surface area (Å²) in [6.45, 7) is 1.92. The number of carbonyl (C=O) groups excluding carboxylic acids is 2. The SMILES string of the molecule is CC(NC(=O)C=Cc1ccc(Cl)c(Cl)c1)c1ccc2c(c1)CCC(=O)N2. The van der Waals surface area contributed by atoms with E-state index in [2.05, 4.69) is 10.6 Å². The topological polar surface area (TPSA) is 58.2 Å². The van der Waals surface area contributed by atoms with E-state index in [1.165, 1.54) is 6.08 Å². The van der Waals surface area contributed by atoms with E-state index in [9.17, 15) is 9.59 Å². The van der Waals surface area contributed by atoms with Gasteiger partial charge in [0.2, 0.25) is 11.8 Å². The Balaban J connectivity index is 1.64. The van der Waals surface area contributed by atoms with Gasteiger partial charge >= 0.3 is 0 Å². The summed E-state index contributed by atoms with van der Waals surface area (Å²) in [5, 5.41) is 6.72. The molecule has 2 aromatic carbocycles. The summed E-state index contributed by atoms with van der Waals surface area (Å²) in [7, 11) is 0. The number of aryl methyl sites for hydroxylation is 1. The first-order valence-electron chi connectivity index (χ1n) is 8.28.